The molecule has 1 aliphatic rings. The van der Waals surface area contributed by atoms with Crippen LogP contribution in [-0.2, 0) is 22.7 Å². The first-order chi connectivity index (χ1) is 10.7. The fraction of sp³-hybridized carbons (Fsp3) is 0.312. The maximum atomic E-state index is 12.4. The number of nitrogens with zero attached hydrogens (tertiary/aromatic N) is 2. The van der Waals surface area contributed by atoms with Gasteiger partial charge in [0.25, 0.3) is 0 Å². The molecule has 3 heterocycles. The summed E-state index contributed by atoms with van der Waals surface area (Å²) >= 11 is 1.60. The fourth-order valence-electron chi connectivity index (χ4n) is 2.58. The van der Waals surface area contributed by atoms with Crippen LogP contribution in [0.25, 0.3) is 0 Å². The van der Waals surface area contributed by atoms with Gasteiger partial charge in [0.1, 0.15) is 6.04 Å². The lowest BCUT2D eigenvalue weighted by Crippen LogP contribution is -2.44. The quantitative estimate of drug-likeness (QED) is 0.917. The van der Waals surface area contributed by atoms with Gasteiger partial charge in [-0.15, -0.1) is 11.3 Å². The second-order valence-electron chi connectivity index (χ2n) is 5.23. The number of hydrogen-bond donors (Lipinski definition) is 1. The monoisotopic (exact) mass is 315 g/mol. The van der Waals surface area contributed by atoms with Gasteiger partial charge in [-0.3, -0.25) is 14.6 Å². The second kappa shape index (κ2) is 6.70. The maximum absolute atomic E-state index is 12.4. The number of aromatic nitrogens is 1. The van der Waals surface area contributed by atoms with Crippen LogP contribution in [0.2, 0.25) is 0 Å². The molecular weight excluding hydrogens is 298 g/mol. The van der Waals surface area contributed by atoms with E-state index in [2.05, 4.69) is 10.3 Å². The van der Waals surface area contributed by atoms with E-state index in [-0.39, 0.29) is 17.9 Å². The number of carbonyl (C=O) groups is 2. The van der Waals surface area contributed by atoms with Gasteiger partial charge in [0, 0.05) is 30.2 Å². The summed E-state index contributed by atoms with van der Waals surface area (Å²) in [6.45, 7) is 0.950. The minimum absolute atomic E-state index is 0.0509. The molecule has 114 valence electrons. The summed E-state index contributed by atoms with van der Waals surface area (Å²) in [4.78, 5) is 31.2. The Morgan fingerprint density at radius 3 is 3.05 bits per heavy atom. The van der Waals surface area contributed by atoms with Crippen LogP contribution in [0.3, 0.4) is 0 Å². The molecule has 22 heavy (non-hydrogen) atoms. The highest BCUT2D eigenvalue weighted by molar-refractivity contribution is 7.09. The molecule has 1 saturated heterocycles. The van der Waals surface area contributed by atoms with Gasteiger partial charge < -0.3 is 10.2 Å². The number of nitrogens with one attached hydrogen (secondary N) is 1. The Balaban J connectivity index is 1.61. The summed E-state index contributed by atoms with van der Waals surface area (Å²) in [5.41, 5.74) is 0.949. The van der Waals surface area contributed by atoms with Gasteiger partial charge in [0.2, 0.25) is 11.8 Å². The molecule has 5 nitrogen and oxygen atoms in total. The van der Waals surface area contributed by atoms with Crippen LogP contribution in [-0.4, -0.2) is 27.7 Å². The van der Waals surface area contributed by atoms with Crippen molar-refractivity contribution in [2.75, 3.05) is 0 Å². The van der Waals surface area contributed by atoms with Crippen molar-refractivity contribution in [3.63, 3.8) is 0 Å². The first-order valence-corrected chi connectivity index (χ1v) is 8.10. The van der Waals surface area contributed by atoms with Gasteiger partial charge in [-0.1, -0.05) is 12.1 Å². The molecule has 0 bridgehead atoms. The van der Waals surface area contributed by atoms with E-state index in [0.717, 1.165) is 10.4 Å². The predicted octanol–water partition coefficient (Wildman–Crippen LogP) is 1.95. The van der Waals surface area contributed by atoms with Crippen molar-refractivity contribution < 1.29 is 9.59 Å². The predicted molar refractivity (Wildman–Crippen MR) is 84.0 cm³/mol. The van der Waals surface area contributed by atoms with Crippen molar-refractivity contribution >= 4 is 23.2 Å². The Kier molecular flexibility index (Phi) is 4.48. The molecular formula is C16H17N3O2S. The van der Waals surface area contributed by atoms with E-state index >= 15 is 0 Å². The molecule has 2 amide bonds. The average molecular weight is 315 g/mol. The fourth-order valence-corrected chi connectivity index (χ4v) is 3.29. The Morgan fingerprint density at radius 1 is 1.41 bits per heavy atom. The summed E-state index contributed by atoms with van der Waals surface area (Å²) in [5.74, 6) is -0.0406. The van der Waals surface area contributed by atoms with Crippen molar-refractivity contribution in [1.82, 2.24) is 15.2 Å². The smallest absolute Gasteiger partial charge is 0.243 e. The Hall–Kier alpha value is -2.21. The first-order valence-electron chi connectivity index (χ1n) is 7.22. The summed E-state index contributed by atoms with van der Waals surface area (Å²) in [7, 11) is 0. The lowest BCUT2D eigenvalue weighted by atomic mass is 10.2. The molecule has 1 N–H and O–H groups in total. The van der Waals surface area contributed by atoms with E-state index < -0.39 is 0 Å². The molecule has 0 saturated carbocycles. The van der Waals surface area contributed by atoms with Gasteiger partial charge in [0.05, 0.1) is 6.54 Å². The number of hydrogen-bond acceptors (Lipinski definition) is 4. The van der Waals surface area contributed by atoms with Crippen LogP contribution in [0, 0.1) is 0 Å². The van der Waals surface area contributed by atoms with E-state index in [1.165, 1.54) is 0 Å². The van der Waals surface area contributed by atoms with Crippen molar-refractivity contribution in [1.29, 1.82) is 0 Å². The van der Waals surface area contributed by atoms with E-state index in [1.54, 1.807) is 28.6 Å². The van der Waals surface area contributed by atoms with Gasteiger partial charge in [-0.2, -0.15) is 0 Å². The van der Waals surface area contributed by atoms with E-state index in [4.69, 9.17) is 0 Å². The molecule has 6 heteroatoms. The van der Waals surface area contributed by atoms with Crippen LogP contribution in [0.15, 0.2) is 42.0 Å². The largest absolute Gasteiger partial charge is 0.350 e. The molecule has 1 aliphatic heterocycles. The van der Waals surface area contributed by atoms with E-state index in [0.29, 0.717) is 25.9 Å². The topological polar surface area (TPSA) is 62.3 Å². The maximum Gasteiger partial charge on any atom is 0.243 e. The van der Waals surface area contributed by atoms with Gasteiger partial charge in [-0.25, -0.2) is 0 Å². The summed E-state index contributed by atoms with van der Waals surface area (Å²) in [6, 6.07) is 7.32. The van der Waals surface area contributed by atoms with Crippen LogP contribution < -0.4 is 5.32 Å². The Labute approximate surface area is 133 Å². The molecule has 2 aromatic heterocycles. The number of rotatable bonds is 5. The van der Waals surface area contributed by atoms with Crippen LogP contribution in [0.5, 0.6) is 0 Å². The number of pyridine rings is 1. The Bertz CT molecular complexity index is 643. The minimum Gasteiger partial charge on any atom is -0.350 e. The van der Waals surface area contributed by atoms with Gasteiger partial charge >= 0.3 is 0 Å². The van der Waals surface area contributed by atoms with Crippen LogP contribution >= 0.6 is 11.3 Å². The highest BCUT2D eigenvalue weighted by Crippen LogP contribution is 2.23. The number of likely N-dealkylation sites (tertiary alicyclic amines) is 1. The highest BCUT2D eigenvalue weighted by atomic mass is 32.1. The van der Waals surface area contributed by atoms with Crippen molar-refractivity contribution in [2.45, 2.75) is 32.0 Å². The molecule has 1 atom stereocenters. The number of amides is 2. The third kappa shape index (κ3) is 3.33. The zero-order chi connectivity index (χ0) is 15.4. The number of thiophene rings is 1. The van der Waals surface area contributed by atoms with E-state index in [1.807, 2.05) is 29.6 Å². The molecule has 3 rings (SSSR count). The number of carbonyl (C=O) groups excluding carboxylic acids is 2. The minimum atomic E-state index is -0.369. The molecule has 0 unspecified atom stereocenters. The molecule has 1 fully saturated rings. The zero-order valence-corrected chi connectivity index (χ0v) is 12.9. The molecule has 0 spiro atoms. The lowest BCUT2D eigenvalue weighted by molar-refractivity contribution is -0.135. The standard InChI is InChI=1S/C16H17N3O2S/c20-15-6-5-14(19(15)11-13-4-2-8-22-13)16(21)18-10-12-3-1-7-17-9-12/h1-4,7-9,14H,5-6,10-11H2,(H,18,21)/t14-/m0/s1. The van der Waals surface area contributed by atoms with E-state index in [9.17, 15) is 9.59 Å². The van der Waals surface area contributed by atoms with Crippen molar-refractivity contribution in [3.8, 4) is 0 Å². The zero-order valence-electron chi connectivity index (χ0n) is 12.1. The summed E-state index contributed by atoms with van der Waals surface area (Å²) in [6.07, 6.45) is 4.45. The lowest BCUT2D eigenvalue weighted by Gasteiger charge is -2.23. The van der Waals surface area contributed by atoms with Crippen LogP contribution in [0.1, 0.15) is 23.3 Å². The summed E-state index contributed by atoms with van der Waals surface area (Å²) < 4.78 is 0. The van der Waals surface area contributed by atoms with Gasteiger partial charge in [-0.05, 0) is 29.5 Å². The van der Waals surface area contributed by atoms with Crippen molar-refractivity contribution in [2.24, 2.45) is 0 Å². The molecule has 0 radical (unpaired) electrons. The third-order valence-corrected chi connectivity index (χ3v) is 4.59. The first kappa shape index (κ1) is 14.7. The molecule has 0 aromatic carbocycles. The van der Waals surface area contributed by atoms with Crippen molar-refractivity contribution in [3.05, 3.63) is 52.5 Å². The normalized spacial score (nSPS) is 17.7. The SMILES string of the molecule is O=C(NCc1cccnc1)[C@@H]1CCC(=O)N1Cc1cccs1. The molecule has 0 aliphatic carbocycles. The second-order valence-corrected chi connectivity index (χ2v) is 6.27. The highest BCUT2D eigenvalue weighted by Gasteiger charge is 2.35. The van der Waals surface area contributed by atoms with Crippen LogP contribution in [0.4, 0.5) is 0 Å². The van der Waals surface area contributed by atoms with Gasteiger partial charge in [0.15, 0.2) is 0 Å². The molecule has 2 aromatic rings. The Morgan fingerprint density at radius 2 is 2.32 bits per heavy atom. The third-order valence-electron chi connectivity index (χ3n) is 3.73. The summed E-state index contributed by atoms with van der Waals surface area (Å²) in [5, 5.41) is 4.88. The average Bonchev–Trinajstić information content (AvgIpc) is 3.17.